The van der Waals surface area contributed by atoms with Crippen LogP contribution >= 0.6 is 11.3 Å². The Hall–Kier alpha value is -3.04. The number of benzene rings is 2. The lowest BCUT2D eigenvalue weighted by Crippen LogP contribution is -2.48. The summed E-state index contributed by atoms with van der Waals surface area (Å²) in [6.45, 7) is 7.63. The third-order valence-corrected chi connectivity index (χ3v) is 6.76. The molecule has 1 saturated heterocycles. The fraction of sp³-hybridized carbons (Fsp3) is 0.417. The zero-order chi connectivity index (χ0) is 23.2. The maximum absolute atomic E-state index is 12.4. The fourth-order valence-corrected chi connectivity index (χ4v) is 4.91. The summed E-state index contributed by atoms with van der Waals surface area (Å²) in [6.07, 6.45) is 0. The van der Waals surface area contributed by atoms with Crippen molar-refractivity contribution in [3.05, 3.63) is 42.0 Å². The first-order valence-electron chi connectivity index (χ1n) is 11.1. The van der Waals surface area contributed by atoms with E-state index in [0.717, 1.165) is 53.8 Å². The summed E-state index contributed by atoms with van der Waals surface area (Å²) in [5, 5.41) is 4.01. The summed E-state index contributed by atoms with van der Waals surface area (Å²) in [7, 11) is 3.28. The largest absolute Gasteiger partial charge is 0.494 e. The molecule has 1 amide bonds. The minimum absolute atomic E-state index is 0.0597. The summed E-state index contributed by atoms with van der Waals surface area (Å²) in [5.74, 6) is 2.09. The van der Waals surface area contributed by atoms with Crippen LogP contribution in [0.2, 0.25) is 0 Å². The average Bonchev–Trinajstić information content (AvgIpc) is 3.29. The smallest absolute Gasteiger partial charge is 0.251 e. The van der Waals surface area contributed by atoms with E-state index in [4.69, 9.17) is 19.2 Å². The molecule has 176 valence electrons. The molecule has 0 bridgehead atoms. The van der Waals surface area contributed by atoms with E-state index in [9.17, 15) is 4.79 Å². The van der Waals surface area contributed by atoms with Crippen LogP contribution in [-0.2, 0) is 0 Å². The number of thiazole rings is 1. The maximum atomic E-state index is 12.4. The number of carbonyl (C=O) groups excluding carboxylic acids is 1. The third-order valence-electron chi connectivity index (χ3n) is 5.67. The first kappa shape index (κ1) is 23.1. The van der Waals surface area contributed by atoms with Gasteiger partial charge in [0.05, 0.1) is 25.5 Å². The molecular formula is C24H30N4O4S. The van der Waals surface area contributed by atoms with E-state index in [1.54, 1.807) is 37.7 Å². The lowest BCUT2D eigenvalue weighted by molar-refractivity contribution is 0.0947. The Balaban J connectivity index is 1.26. The first-order chi connectivity index (χ1) is 16.1. The zero-order valence-corrected chi connectivity index (χ0v) is 20.1. The Kier molecular flexibility index (Phi) is 7.51. The number of piperazine rings is 1. The summed E-state index contributed by atoms with van der Waals surface area (Å²) in [6, 6.07) is 11.2. The van der Waals surface area contributed by atoms with Crippen LogP contribution in [0.4, 0.5) is 5.13 Å². The molecule has 2 aromatic carbocycles. The van der Waals surface area contributed by atoms with Crippen molar-refractivity contribution in [1.29, 1.82) is 0 Å². The van der Waals surface area contributed by atoms with Gasteiger partial charge in [-0.3, -0.25) is 9.69 Å². The number of anilines is 1. The SMILES string of the molecule is CCOc1ccc(C(=O)NCCN2CCN(c3nc4c(OC)c(OC)ccc4s3)CC2)cc1. The van der Waals surface area contributed by atoms with Crippen molar-refractivity contribution < 1.29 is 19.0 Å². The van der Waals surface area contributed by atoms with Gasteiger partial charge in [0.1, 0.15) is 11.3 Å². The average molecular weight is 471 g/mol. The van der Waals surface area contributed by atoms with Crippen LogP contribution in [0.25, 0.3) is 10.2 Å². The molecule has 0 atom stereocenters. The molecule has 8 nitrogen and oxygen atoms in total. The second-order valence-electron chi connectivity index (χ2n) is 7.69. The molecule has 0 spiro atoms. The van der Waals surface area contributed by atoms with Gasteiger partial charge in [-0.25, -0.2) is 4.98 Å². The molecule has 33 heavy (non-hydrogen) atoms. The van der Waals surface area contributed by atoms with Crippen molar-refractivity contribution in [3.63, 3.8) is 0 Å². The van der Waals surface area contributed by atoms with E-state index < -0.39 is 0 Å². The molecule has 9 heteroatoms. The Morgan fingerprint density at radius 3 is 2.48 bits per heavy atom. The molecule has 0 radical (unpaired) electrons. The Bertz CT molecular complexity index is 1080. The molecule has 3 aromatic rings. The molecule has 4 rings (SSSR count). The lowest BCUT2D eigenvalue weighted by atomic mass is 10.2. The van der Waals surface area contributed by atoms with E-state index in [1.165, 1.54) is 0 Å². The van der Waals surface area contributed by atoms with Crippen LogP contribution in [0.5, 0.6) is 17.2 Å². The predicted molar refractivity (Wildman–Crippen MR) is 131 cm³/mol. The van der Waals surface area contributed by atoms with Gasteiger partial charge in [0, 0.05) is 44.8 Å². The number of amides is 1. The number of nitrogens with one attached hydrogen (secondary N) is 1. The van der Waals surface area contributed by atoms with Gasteiger partial charge >= 0.3 is 0 Å². The number of methoxy groups -OCH3 is 2. The number of nitrogens with zero attached hydrogens (tertiary/aromatic N) is 3. The van der Waals surface area contributed by atoms with Crippen molar-refractivity contribution in [1.82, 2.24) is 15.2 Å². The van der Waals surface area contributed by atoms with Crippen LogP contribution in [0.3, 0.4) is 0 Å². The summed E-state index contributed by atoms with van der Waals surface area (Å²) >= 11 is 1.67. The number of hydrogen-bond donors (Lipinski definition) is 1. The second kappa shape index (κ2) is 10.7. The van der Waals surface area contributed by atoms with Gasteiger partial charge < -0.3 is 24.4 Å². The van der Waals surface area contributed by atoms with E-state index in [1.807, 2.05) is 31.2 Å². The highest BCUT2D eigenvalue weighted by Crippen LogP contribution is 2.40. The Morgan fingerprint density at radius 1 is 1.06 bits per heavy atom. The predicted octanol–water partition coefficient (Wildman–Crippen LogP) is 3.26. The van der Waals surface area contributed by atoms with Crippen LogP contribution in [0.15, 0.2) is 36.4 Å². The van der Waals surface area contributed by atoms with E-state index in [0.29, 0.717) is 30.2 Å². The monoisotopic (exact) mass is 470 g/mol. The van der Waals surface area contributed by atoms with Crippen LogP contribution in [-0.4, -0.2) is 75.9 Å². The summed E-state index contributed by atoms with van der Waals surface area (Å²) in [4.78, 5) is 21.9. The van der Waals surface area contributed by atoms with Gasteiger partial charge in [-0.15, -0.1) is 0 Å². The van der Waals surface area contributed by atoms with Gasteiger partial charge in [0.25, 0.3) is 5.91 Å². The van der Waals surface area contributed by atoms with Gasteiger partial charge in [-0.1, -0.05) is 11.3 Å². The quantitative estimate of drug-likeness (QED) is 0.514. The molecule has 1 aliphatic heterocycles. The van der Waals surface area contributed by atoms with Crippen LogP contribution in [0, 0.1) is 0 Å². The van der Waals surface area contributed by atoms with E-state index >= 15 is 0 Å². The number of rotatable bonds is 9. The normalized spacial score (nSPS) is 14.3. The molecule has 0 unspecified atom stereocenters. The topological polar surface area (TPSA) is 76.2 Å². The van der Waals surface area contributed by atoms with Crippen LogP contribution < -0.4 is 24.4 Å². The Morgan fingerprint density at radius 2 is 1.82 bits per heavy atom. The van der Waals surface area contributed by atoms with Gasteiger partial charge in [0.2, 0.25) is 0 Å². The third kappa shape index (κ3) is 5.31. The first-order valence-corrected chi connectivity index (χ1v) is 11.9. The molecular weight excluding hydrogens is 440 g/mol. The lowest BCUT2D eigenvalue weighted by Gasteiger charge is -2.34. The summed E-state index contributed by atoms with van der Waals surface area (Å²) < 4.78 is 17.4. The van der Waals surface area contributed by atoms with Gasteiger partial charge in [-0.2, -0.15) is 0 Å². The number of aromatic nitrogens is 1. The second-order valence-corrected chi connectivity index (χ2v) is 8.70. The molecule has 0 aliphatic carbocycles. The maximum Gasteiger partial charge on any atom is 0.251 e. The van der Waals surface area contributed by atoms with Crippen molar-refractivity contribution in [2.75, 3.05) is 65.0 Å². The highest BCUT2D eigenvalue weighted by atomic mass is 32.1. The molecule has 1 fully saturated rings. The summed E-state index contributed by atoms with van der Waals surface area (Å²) in [5.41, 5.74) is 1.49. The molecule has 2 heterocycles. The number of ether oxygens (including phenoxy) is 3. The number of hydrogen-bond acceptors (Lipinski definition) is 8. The number of fused-ring (bicyclic) bond motifs is 1. The molecule has 1 aromatic heterocycles. The zero-order valence-electron chi connectivity index (χ0n) is 19.3. The molecule has 1 aliphatic rings. The van der Waals surface area contributed by atoms with Crippen LogP contribution in [0.1, 0.15) is 17.3 Å². The minimum atomic E-state index is -0.0597. The molecule has 1 N–H and O–H groups in total. The van der Waals surface area contributed by atoms with Gasteiger partial charge in [-0.05, 0) is 43.3 Å². The number of carbonyl (C=O) groups is 1. The van der Waals surface area contributed by atoms with Crippen molar-refractivity contribution >= 4 is 32.6 Å². The highest BCUT2D eigenvalue weighted by Gasteiger charge is 2.21. The van der Waals surface area contributed by atoms with Gasteiger partial charge in [0.15, 0.2) is 16.6 Å². The minimum Gasteiger partial charge on any atom is -0.494 e. The van der Waals surface area contributed by atoms with Crippen molar-refractivity contribution in [2.24, 2.45) is 0 Å². The standard InChI is InChI=1S/C24H30N4O4S/c1-4-32-18-7-5-17(6-8-18)23(29)25-11-12-27-13-15-28(16-14-27)24-26-21-20(33-24)10-9-19(30-2)22(21)31-3/h5-10H,4,11-16H2,1-3H3,(H,25,29). The van der Waals surface area contributed by atoms with E-state index in [-0.39, 0.29) is 5.91 Å². The highest BCUT2D eigenvalue weighted by molar-refractivity contribution is 7.22. The van der Waals surface area contributed by atoms with E-state index in [2.05, 4.69) is 15.1 Å². The Labute approximate surface area is 198 Å². The molecule has 0 saturated carbocycles. The van der Waals surface area contributed by atoms with Crippen molar-refractivity contribution in [2.45, 2.75) is 6.92 Å². The van der Waals surface area contributed by atoms with Crippen molar-refractivity contribution in [3.8, 4) is 17.2 Å². The fourth-order valence-electron chi connectivity index (χ4n) is 3.89.